The average Bonchev–Trinajstić information content (AvgIpc) is 2.28. The van der Waals surface area contributed by atoms with Crippen molar-refractivity contribution in [3.8, 4) is 0 Å². The maximum absolute atomic E-state index is 11.3. The van der Waals surface area contributed by atoms with E-state index in [-0.39, 0.29) is 18.3 Å². The molecule has 1 aliphatic rings. The second-order valence-electron chi connectivity index (χ2n) is 4.09. The molecule has 1 atom stereocenters. The Kier molecular flexibility index (Phi) is 4.34. The highest BCUT2D eigenvalue weighted by atomic mass is 32.2. The Morgan fingerprint density at radius 3 is 2.71 bits per heavy atom. The van der Waals surface area contributed by atoms with E-state index in [1.165, 1.54) is 0 Å². The molecule has 1 aliphatic heterocycles. The second kappa shape index (κ2) is 5.09. The molecule has 1 N–H and O–H groups in total. The van der Waals surface area contributed by atoms with E-state index in [4.69, 9.17) is 5.11 Å². The highest BCUT2D eigenvalue weighted by Crippen LogP contribution is 2.07. The van der Waals surface area contributed by atoms with E-state index in [1.54, 1.807) is 0 Å². The summed E-state index contributed by atoms with van der Waals surface area (Å²) in [6.45, 7) is 4.39. The Hall–Kier alpha value is -0.130. The van der Waals surface area contributed by atoms with Gasteiger partial charge in [0.2, 0.25) is 0 Å². The van der Waals surface area contributed by atoms with Crippen molar-refractivity contribution < 1.29 is 13.5 Å². The van der Waals surface area contributed by atoms with Gasteiger partial charge in [-0.05, 0) is 18.9 Å². The maximum atomic E-state index is 11.3. The van der Waals surface area contributed by atoms with Crippen LogP contribution < -0.4 is 0 Å². The molecule has 1 rings (SSSR count). The molecule has 0 bridgehead atoms. The van der Waals surface area contributed by atoms with Gasteiger partial charge in [0.25, 0.3) is 0 Å². The first-order chi connectivity index (χ1) is 6.53. The van der Waals surface area contributed by atoms with Crippen molar-refractivity contribution in [3.05, 3.63) is 0 Å². The van der Waals surface area contributed by atoms with Crippen LogP contribution >= 0.6 is 0 Å². The van der Waals surface area contributed by atoms with Gasteiger partial charge in [0.05, 0.1) is 11.5 Å². The molecule has 1 saturated heterocycles. The Morgan fingerprint density at radius 2 is 2.07 bits per heavy atom. The molecule has 1 unspecified atom stereocenters. The molecule has 5 heteroatoms. The molecule has 0 amide bonds. The first kappa shape index (κ1) is 11.9. The fraction of sp³-hybridized carbons (Fsp3) is 1.00. The molecule has 0 spiro atoms. The first-order valence-electron chi connectivity index (χ1n) is 5.07. The lowest BCUT2D eigenvalue weighted by molar-refractivity contribution is 0.179. The molecule has 0 radical (unpaired) electrons. The van der Waals surface area contributed by atoms with E-state index >= 15 is 0 Å². The van der Waals surface area contributed by atoms with Crippen LogP contribution in [0.4, 0.5) is 0 Å². The highest BCUT2D eigenvalue weighted by Gasteiger charge is 2.19. The second-order valence-corrected chi connectivity index (χ2v) is 6.40. The molecule has 0 aliphatic carbocycles. The van der Waals surface area contributed by atoms with Crippen LogP contribution in [-0.4, -0.2) is 56.2 Å². The SMILES string of the molecule is CC(CO)CN1CCCS(=O)(=O)CC1. The lowest BCUT2D eigenvalue weighted by atomic mass is 10.2. The third-order valence-corrected chi connectivity index (χ3v) is 4.25. The average molecular weight is 221 g/mol. The van der Waals surface area contributed by atoms with Gasteiger partial charge in [-0.2, -0.15) is 0 Å². The topological polar surface area (TPSA) is 57.6 Å². The summed E-state index contributed by atoms with van der Waals surface area (Å²) in [5, 5.41) is 8.89. The maximum Gasteiger partial charge on any atom is 0.151 e. The lowest BCUT2D eigenvalue weighted by Crippen LogP contribution is -2.32. The Bertz CT molecular complexity index is 263. The number of aliphatic hydroxyl groups is 1. The van der Waals surface area contributed by atoms with Crippen molar-refractivity contribution in [1.82, 2.24) is 4.90 Å². The summed E-state index contributed by atoms with van der Waals surface area (Å²) in [5.41, 5.74) is 0. The predicted molar refractivity (Wildman–Crippen MR) is 56.0 cm³/mol. The predicted octanol–water partition coefficient (Wildman–Crippen LogP) is -0.265. The van der Waals surface area contributed by atoms with Gasteiger partial charge in [-0.15, -0.1) is 0 Å². The molecule has 0 aromatic heterocycles. The summed E-state index contributed by atoms with van der Waals surface area (Å²) in [5.74, 6) is 0.818. The number of hydrogen-bond acceptors (Lipinski definition) is 4. The standard InChI is InChI=1S/C9H19NO3S/c1-9(8-11)7-10-3-2-5-14(12,13)6-4-10/h9,11H,2-8H2,1H3. The van der Waals surface area contributed by atoms with Gasteiger partial charge in [0.1, 0.15) is 0 Å². The molecule has 1 fully saturated rings. The van der Waals surface area contributed by atoms with Crippen molar-refractivity contribution >= 4 is 9.84 Å². The van der Waals surface area contributed by atoms with Crippen molar-refractivity contribution in [2.45, 2.75) is 13.3 Å². The van der Waals surface area contributed by atoms with Crippen LogP contribution in [0, 0.1) is 5.92 Å². The molecule has 1 heterocycles. The zero-order valence-corrected chi connectivity index (χ0v) is 9.46. The largest absolute Gasteiger partial charge is 0.396 e. The normalized spacial score (nSPS) is 25.6. The molecular weight excluding hydrogens is 202 g/mol. The number of aliphatic hydroxyl groups excluding tert-OH is 1. The number of sulfone groups is 1. The Morgan fingerprint density at radius 1 is 1.36 bits per heavy atom. The Balaban J connectivity index is 2.42. The van der Waals surface area contributed by atoms with Gasteiger partial charge in [-0.1, -0.05) is 6.92 Å². The van der Waals surface area contributed by atoms with E-state index in [9.17, 15) is 8.42 Å². The fourth-order valence-electron chi connectivity index (χ4n) is 1.67. The molecule has 4 nitrogen and oxygen atoms in total. The monoisotopic (exact) mass is 221 g/mol. The van der Waals surface area contributed by atoms with E-state index in [1.807, 2.05) is 6.92 Å². The van der Waals surface area contributed by atoms with Gasteiger partial charge >= 0.3 is 0 Å². The molecular formula is C9H19NO3S. The van der Waals surface area contributed by atoms with Crippen molar-refractivity contribution in [1.29, 1.82) is 0 Å². The van der Waals surface area contributed by atoms with Crippen molar-refractivity contribution in [2.24, 2.45) is 5.92 Å². The first-order valence-corrected chi connectivity index (χ1v) is 6.89. The lowest BCUT2D eigenvalue weighted by Gasteiger charge is -2.22. The zero-order chi connectivity index (χ0) is 10.6. The van der Waals surface area contributed by atoms with Crippen LogP contribution in [-0.2, 0) is 9.84 Å². The van der Waals surface area contributed by atoms with Gasteiger partial charge < -0.3 is 10.0 Å². The molecule has 0 aromatic carbocycles. The minimum absolute atomic E-state index is 0.170. The minimum Gasteiger partial charge on any atom is -0.396 e. The Labute approximate surface area is 85.8 Å². The zero-order valence-electron chi connectivity index (χ0n) is 8.65. The fourth-order valence-corrected chi connectivity index (χ4v) is 2.98. The third kappa shape index (κ3) is 3.94. The molecule has 0 saturated carbocycles. The van der Waals surface area contributed by atoms with Gasteiger partial charge in [0, 0.05) is 19.7 Å². The van der Waals surface area contributed by atoms with E-state index < -0.39 is 9.84 Å². The van der Waals surface area contributed by atoms with E-state index in [0.29, 0.717) is 12.3 Å². The molecule has 14 heavy (non-hydrogen) atoms. The van der Waals surface area contributed by atoms with Gasteiger partial charge in [0.15, 0.2) is 9.84 Å². The van der Waals surface area contributed by atoms with Crippen LogP contribution in [0.25, 0.3) is 0 Å². The van der Waals surface area contributed by atoms with Crippen LogP contribution in [0.1, 0.15) is 13.3 Å². The summed E-state index contributed by atoms with van der Waals surface area (Å²) >= 11 is 0. The van der Waals surface area contributed by atoms with Crippen LogP contribution in [0.2, 0.25) is 0 Å². The van der Waals surface area contributed by atoms with Gasteiger partial charge in [-0.25, -0.2) is 8.42 Å². The van der Waals surface area contributed by atoms with Crippen molar-refractivity contribution in [2.75, 3.05) is 37.7 Å². The summed E-state index contributed by atoms with van der Waals surface area (Å²) in [7, 11) is -2.80. The quantitative estimate of drug-likeness (QED) is 0.713. The van der Waals surface area contributed by atoms with E-state index in [2.05, 4.69) is 4.90 Å². The number of nitrogens with zero attached hydrogens (tertiary/aromatic N) is 1. The van der Waals surface area contributed by atoms with Gasteiger partial charge in [-0.3, -0.25) is 0 Å². The summed E-state index contributed by atoms with van der Waals surface area (Å²) in [6.07, 6.45) is 0.723. The smallest absolute Gasteiger partial charge is 0.151 e. The molecule has 84 valence electrons. The summed E-state index contributed by atoms with van der Waals surface area (Å²) < 4.78 is 22.6. The molecule has 0 aromatic rings. The van der Waals surface area contributed by atoms with Crippen LogP contribution in [0.5, 0.6) is 0 Å². The van der Waals surface area contributed by atoms with Crippen LogP contribution in [0.15, 0.2) is 0 Å². The highest BCUT2D eigenvalue weighted by molar-refractivity contribution is 7.91. The van der Waals surface area contributed by atoms with E-state index in [0.717, 1.165) is 19.5 Å². The third-order valence-electron chi connectivity index (χ3n) is 2.53. The summed E-state index contributed by atoms with van der Waals surface area (Å²) in [4.78, 5) is 2.13. The number of rotatable bonds is 3. The summed E-state index contributed by atoms with van der Waals surface area (Å²) in [6, 6.07) is 0. The number of hydrogen-bond donors (Lipinski definition) is 1. The minimum atomic E-state index is -2.80. The van der Waals surface area contributed by atoms with Crippen molar-refractivity contribution in [3.63, 3.8) is 0 Å². The van der Waals surface area contributed by atoms with Crippen LogP contribution in [0.3, 0.4) is 0 Å².